The van der Waals surface area contributed by atoms with Crippen molar-refractivity contribution < 1.29 is 14.7 Å². The van der Waals surface area contributed by atoms with E-state index in [4.69, 9.17) is 5.11 Å². The normalized spacial score (nSPS) is 12.1. The first-order chi connectivity index (χ1) is 6.50. The van der Waals surface area contributed by atoms with Crippen LogP contribution in [0.3, 0.4) is 0 Å². The SMILES string of the molecule is C[C@H](NC(=O)c1c[nH]c(=O)[nH]1)C(=O)O. The molecule has 0 spiro atoms. The zero-order valence-corrected chi connectivity index (χ0v) is 7.33. The maximum absolute atomic E-state index is 11.2. The van der Waals surface area contributed by atoms with Gasteiger partial charge in [-0.15, -0.1) is 0 Å². The summed E-state index contributed by atoms with van der Waals surface area (Å²) in [5, 5.41) is 10.7. The summed E-state index contributed by atoms with van der Waals surface area (Å²) in [4.78, 5) is 36.6. The fourth-order valence-corrected chi connectivity index (χ4v) is 0.791. The van der Waals surface area contributed by atoms with Gasteiger partial charge in [0.25, 0.3) is 5.91 Å². The number of nitrogens with one attached hydrogen (secondary N) is 3. The Kier molecular flexibility index (Phi) is 2.70. The van der Waals surface area contributed by atoms with Crippen molar-refractivity contribution in [3.05, 3.63) is 22.4 Å². The smallest absolute Gasteiger partial charge is 0.325 e. The summed E-state index contributed by atoms with van der Waals surface area (Å²) in [6, 6.07) is -0.999. The van der Waals surface area contributed by atoms with E-state index in [0.717, 1.165) is 0 Å². The van der Waals surface area contributed by atoms with Crippen LogP contribution in [0, 0.1) is 0 Å². The van der Waals surface area contributed by atoms with Gasteiger partial charge in [-0.05, 0) is 6.92 Å². The Hall–Kier alpha value is -2.05. The molecule has 7 heteroatoms. The molecule has 1 aromatic heterocycles. The van der Waals surface area contributed by atoms with E-state index < -0.39 is 23.6 Å². The first-order valence-corrected chi connectivity index (χ1v) is 3.82. The number of hydrogen-bond donors (Lipinski definition) is 4. The number of imidazole rings is 1. The lowest BCUT2D eigenvalue weighted by Crippen LogP contribution is -2.38. The van der Waals surface area contributed by atoms with E-state index in [1.165, 1.54) is 13.1 Å². The van der Waals surface area contributed by atoms with Crippen molar-refractivity contribution in [3.63, 3.8) is 0 Å². The number of carboxylic acid groups (broad SMARTS) is 1. The number of H-pyrrole nitrogens is 2. The van der Waals surface area contributed by atoms with Crippen LogP contribution in [-0.2, 0) is 4.79 Å². The highest BCUT2D eigenvalue weighted by molar-refractivity contribution is 5.94. The highest BCUT2D eigenvalue weighted by atomic mass is 16.4. The highest BCUT2D eigenvalue weighted by Gasteiger charge is 2.15. The molecule has 1 atom stereocenters. The maximum atomic E-state index is 11.2. The molecular weight excluding hydrogens is 190 g/mol. The fourth-order valence-electron chi connectivity index (χ4n) is 0.791. The van der Waals surface area contributed by atoms with Gasteiger partial charge in [0, 0.05) is 6.20 Å². The molecule has 0 saturated carbocycles. The lowest BCUT2D eigenvalue weighted by molar-refractivity contribution is -0.138. The van der Waals surface area contributed by atoms with E-state index in [2.05, 4.69) is 15.3 Å². The van der Waals surface area contributed by atoms with Crippen molar-refractivity contribution >= 4 is 11.9 Å². The molecule has 4 N–H and O–H groups in total. The summed E-state index contributed by atoms with van der Waals surface area (Å²) in [6.07, 6.45) is 1.17. The Morgan fingerprint density at radius 2 is 2.21 bits per heavy atom. The Morgan fingerprint density at radius 1 is 1.57 bits per heavy atom. The van der Waals surface area contributed by atoms with Gasteiger partial charge in [0.2, 0.25) is 0 Å². The Labute approximate surface area is 78.1 Å². The van der Waals surface area contributed by atoms with Gasteiger partial charge in [-0.25, -0.2) is 4.79 Å². The second-order valence-electron chi connectivity index (χ2n) is 2.69. The summed E-state index contributed by atoms with van der Waals surface area (Å²) in [7, 11) is 0. The number of carbonyl (C=O) groups excluding carboxylic acids is 1. The van der Waals surface area contributed by atoms with Gasteiger partial charge in [0.1, 0.15) is 11.7 Å². The molecule has 0 saturated heterocycles. The summed E-state index contributed by atoms with van der Waals surface area (Å²) >= 11 is 0. The van der Waals surface area contributed by atoms with Crippen LogP contribution in [0.25, 0.3) is 0 Å². The van der Waals surface area contributed by atoms with Crippen LogP contribution >= 0.6 is 0 Å². The number of aromatic nitrogens is 2. The zero-order chi connectivity index (χ0) is 10.7. The molecule has 0 aliphatic carbocycles. The summed E-state index contributed by atoms with van der Waals surface area (Å²) in [6.45, 7) is 1.32. The third-order valence-electron chi connectivity index (χ3n) is 1.56. The molecular formula is C7H9N3O4. The average molecular weight is 199 g/mol. The molecule has 7 nitrogen and oxygen atoms in total. The Bertz CT molecular complexity index is 405. The third kappa shape index (κ3) is 2.22. The van der Waals surface area contributed by atoms with Gasteiger partial charge in [-0.1, -0.05) is 0 Å². The number of carboxylic acids is 1. The number of aliphatic carboxylic acids is 1. The number of carbonyl (C=O) groups is 2. The first-order valence-electron chi connectivity index (χ1n) is 3.82. The van der Waals surface area contributed by atoms with E-state index in [1.807, 2.05) is 0 Å². The van der Waals surface area contributed by atoms with Crippen molar-refractivity contribution in [1.29, 1.82) is 0 Å². The van der Waals surface area contributed by atoms with Crippen LogP contribution in [0.15, 0.2) is 11.0 Å². The van der Waals surface area contributed by atoms with E-state index in [1.54, 1.807) is 0 Å². The molecule has 0 radical (unpaired) electrons. The molecule has 76 valence electrons. The lowest BCUT2D eigenvalue weighted by Gasteiger charge is -2.06. The van der Waals surface area contributed by atoms with E-state index in [9.17, 15) is 14.4 Å². The van der Waals surface area contributed by atoms with Gasteiger partial charge in [0.05, 0.1) is 0 Å². The lowest BCUT2D eigenvalue weighted by atomic mass is 10.3. The van der Waals surface area contributed by atoms with Crippen molar-refractivity contribution in [3.8, 4) is 0 Å². The van der Waals surface area contributed by atoms with Gasteiger partial charge in [0.15, 0.2) is 0 Å². The van der Waals surface area contributed by atoms with E-state index >= 15 is 0 Å². The van der Waals surface area contributed by atoms with Crippen LogP contribution < -0.4 is 11.0 Å². The fraction of sp³-hybridized carbons (Fsp3) is 0.286. The number of aromatic amines is 2. The van der Waals surface area contributed by atoms with Crippen molar-refractivity contribution in [1.82, 2.24) is 15.3 Å². The topological polar surface area (TPSA) is 115 Å². The van der Waals surface area contributed by atoms with Crippen LogP contribution in [-0.4, -0.2) is 33.0 Å². The van der Waals surface area contributed by atoms with Crippen molar-refractivity contribution in [2.24, 2.45) is 0 Å². The van der Waals surface area contributed by atoms with Crippen molar-refractivity contribution in [2.45, 2.75) is 13.0 Å². The average Bonchev–Trinajstić information content (AvgIpc) is 2.51. The third-order valence-corrected chi connectivity index (χ3v) is 1.56. The molecule has 0 bridgehead atoms. The maximum Gasteiger partial charge on any atom is 0.325 e. The molecule has 0 unspecified atom stereocenters. The summed E-state index contributed by atoms with van der Waals surface area (Å²) in [5.74, 6) is -1.78. The standard InChI is InChI=1S/C7H9N3O4/c1-3(6(12)13)9-5(11)4-2-8-7(14)10-4/h2-3H,1H3,(H,9,11)(H,12,13)(H2,8,10,14)/t3-/m0/s1. The number of rotatable bonds is 3. The molecule has 1 rings (SSSR count). The molecule has 1 amide bonds. The minimum Gasteiger partial charge on any atom is -0.480 e. The second-order valence-corrected chi connectivity index (χ2v) is 2.69. The quantitative estimate of drug-likeness (QED) is 0.494. The highest BCUT2D eigenvalue weighted by Crippen LogP contribution is 1.90. The van der Waals surface area contributed by atoms with Crippen LogP contribution in [0.5, 0.6) is 0 Å². The van der Waals surface area contributed by atoms with Gasteiger partial charge >= 0.3 is 11.7 Å². The number of amides is 1. The van der Waals surface area contributed by atoms with E-state index in [0.29, 0.717) is 0 Å². The molecule has 0 aromatic carbocycles. The molecule has 1 aromatic rings. The van der Waals surface area contributed by atoms with Crippen LogP contribution in [0.1, 0.15) is 17.4 Å². The van der Waals surface area contributed by atoms with Gasteiger partial charge < -0.3 is 20.4 Å². The largest absolute Gasteiger partial charge is 0.480 e. The van der Waals surface area contributed by atoms with Gasteiger partial charge in [-0.3, -0.25) is 9.59 Å². The minimum absolute atomic E-state index is 0.00287. The zero-order valence-electron chi connectivity index (χ0n) is 7.33. The molecule has 14 heavy (non-hydrogen) atoms. The predicted octanol–water partition coefficient (Wildman–Crippen LogP) is -1.09. The predicted molar refractivity (Wildman–Crippen MR) is 46.0 cm³/mol. The molecule has 0 fully saturated rings. The summed E-state index contributed by atoms with van der Waals surface area (Å²) < 4.78 is 0. The Balaban J connectivity index is 2.68. The molecule has 0 aliphatic rings. The first kappa shape index (κ1) is 10.0. The van der Waals surface area contributed by atoms with Crippen LogP contribution in [0.4, 0.5) is 0 Å². The van der Waals surface area contributed by atoms with Crippen molar-refractivity contribution in [2.75, 3.05) is 0 Å². The minimum atomic E-state index is -1.14. The monoisotopic (exact) mass is 199 g/mol. The molecule has 0 aliphatic heterocycles. The number of hydrogen-bond acceptors (Lipinski definition) is 3. The second kappa shape index (κ2) is 3.77. The van der Waals surface area contributed by atoms with E-state index in [-0.39, 0.29) is 5.69 Å². The molecule has 1 heterocycles. The Morgan fingerprint density at radius 3 is 2.64 bits per heavy atom. The van der Waals surface area contributed by atoms with Crippen LogP contribution in [0.2, 0.25) is 0 Å². The van der Waals surface area contributed by atoms with Gasteiger partial charge in [-0.2, -0.15) is 0 Å². The summed E-state index contributed by atoms with van der Waals surface area (Å²) in [5.41, 5.74) is -0.513.